The highest BCUT2D eigenvalue weighted by molar-refractivity contribution is 14.0. The molecule has 2 aromatic rings. The van der Waals surface area contributed by atoms with Crippen LogP contribution in [0.3, 0.4) is 0 Å². The Morgan fingerprint density at radius 2 is 1.70 bits per heavy atom. The second-order valence-electron chi connectivity index (χ2n) is 6.31. The van der Waals surface area contributed by atoms with Gasteiger partial charge in [0.15, 0.2) is 5.96 Å². The number of aryl methyl sites for hydroxylation is 1. The Morgan fingerprint density at radius 1 is 1.00 bits per heavy atom. The van der Waals surface area contributed by atoms with Crippen molar-refractivity contribution in [3.63, 3.8) is 0 Å². The number of guanidine groups is 1. The zero-order valence-corrected chi connectivity index (χ0v) is 19.2. The fraction of sp³-hybridized carbons (Fsp3) is 0.381. The van der Waals surface area contributed by atoms with Crippen LogP contribution in [0, 0.1) is 0 Å². The first kappa shape index (κ1) is 21.8. The largest absolute Gasteiger partial charge is 0.364 e. The lowest BCUT2D eigenvalue weighted by molar-refractivity contribution is 0.823. The minimum atomic E-state index is 0. The molecule has 27 heavy (non-hydrogen) atoms. The van der Waals surface area contributed by atoms with Crippen LogP contribution < -0.4 is 15.5 Å². The summed E-state index contributed by atoms with van der Waals surface area (Å²) in [6.07, 6.45) is 5.52. The Morgan fingerprint density at radius 3 is 2.33 bits per heavy atom. The molecular weight excluding hydrogens is 467 g/mol. The summed E-state index contributed by atoms with van der Waals surface area (Å²) >= 11 is 1.87. The van der Waals surface area contributed by atoms with E-state index in [4.69, 9.17) is 4.99 Å². The number of benzene rings is 1. The molecule has 1 aliphatic rings. The minimum absolute atomic E-state index is 0. The van der Waals surface area contributed by atoms with E-state index in [1.807, 2.05) is 11.3 Å². The highest BCUT2D eigenvalue weighted by Gasteiger charge is 2.07. The fourth-order valence-corrected chi connectivity index (χ4v) is 3.79. The molecule has 2 N–H and O–H groups in total. The van der Waals surface area contributed by atoms with E-state index in [1.54, 1.807) is 0 Å². The van der Waals surface area contributed by atoms with Gasteiger partial charge in [-0.1, -0.05) is 31.2 Å². The van der Waals surface area contributed by atoms with Crippen LogP contribution in [0.2, 0.25) is 0 Å². The van der Waals surface area contributed by atoms with Crippen molar-refractivity contribution in [1.82, 2.24) is 10.6 Å². The average molecular weight is 496 g/mol. The SMILES string of the molecule is CCNC(=NCc1ccc(N2CC=CC2)cc1)NCc1ccc(CC)s1.I. The average Bonchev–Trinajstić information content (AvgIpc) is 3.36. The molecule has 6 heteroatoms. The molecule has 0 spiro atoms. The highest BCUT2D eigenvalue weighted by Crippen LogP contribution is 2.18. The zero-order valence-electron chi connectivity index (χ0n) is 16.1. The maximum Gasteiger partial charge on any atom is 0.191 e. The predicted octanol–water partition coefficient (Wildman–Crippen LogP) is 4.56. The summed E-state index contributed by atoms with van der Waals surface area (Å²) in [5.74, 6) is 0.867. The quantitative estimate of drug-likeness (QED) is 0.256. The van der Waals surface area contributed by atoms with Gasteiger partial charge in [0.05, 0.1) is 13.1 Å². The van der Waals surface area contributed by atoms with Crippen molar-refractivity contribution < 1.29 is 0 Å². The summed E-state index contributed by atoms with van der Waals surface area (Å²) in [4.78, 5) is 9.85. The third-order valence-electron chi connectivity index (χ3n) is 4.38. The van der Waals surface area contributed by atoms with Crippen LogP contribution in [0.4, 0.5) is 5.69 Å². The molecule has 0 radical (unpaired) electrons. The van der Waals surface area contributed by atoms with E-state index in [0.717, 1.165) is 38.6 Å². The van der Waals surface area contributed by atoms with Gasteiger partial charge in [0.2, 0.25) is 0 Å². The molecule has 1 aliphatic heterocycles. The summed E-state index contributed by atoms with van der Waals surface area (Å²) < 4.78 is 0. The Labute approximate surface area is 183 Å². The molecule has 0 unspecified atom stereocenters. The van der Waals surface area contributed by atoms with E-state index in [1.165, 1.54) is 21.0 Å². The van der Waals surface area contributed by atoms with E-state index in [-0.39, 0.29) is 24.0 Å². The van der Waals surface area contributed by atoms with Crippen molar-refractivity contribution >= 4 is 47.0 Å². The maximum absolute atomic E-state index is 4.73. The topological polar surface area (TPSA) is 39.7 Å². The van der Waals surface area contributed by atoms with E-state index >= 15 is 0 Å². The lowest BCUT2D eigenvalue weighted by Gasteiger charge is -2.17. The maximum atomic E-state index is 4.73. The van der Waals surface area contributed by atoms with Crippen LogP contribution in [-0.2, 0) is 19.5 Å². The molecule has 2 heterocycles. The van der Waals surface area contributed by atoms with Crippen LogP contribution in [0.25, 0.3) is 0 Å². The highest BCUT2D eigenvalue weighted by atomic mass is 127. The third-order valence-corrected chi connectivity index (χ3v) is 5.61. The molecule has 0 saturated heterocycles. The Kier molecular flexibility index (Phi) is 9.14. The number of nitrogens with zero attached hydrogens (tertiary/aromatic N) is 2. The van der Waals surface area contributed by atoms with E-state index in [9.17, 15) is 0 Å². The van der Waals surface area contributed by atoms with Gasteiger partial charge in [-0.15, -0.1) is 35.3 Å². The van der Waals surface area contributed by atoms with Gasteiger partial charge >= 0.3 is 0 Å². The lowest BCUT2D eigenvalue weighted by Crippen LogP contribution is -2.36. The van der Waals surface area contributed by atoms with Gasteiger partial charge in [-0.2, -0.15) is 0 Å². The smallest absolute Gasteiger partial charge is 0.191 e. The summed E-state index contributed by atoms with van der Waals surface area (Å²) in [6, 6.07) is 13.1. The number of anilines is 1. The van der Waals surface area contributed by atoms with E-state index in [0.29, 0.717) is 6.54 Å². The summed E-state index contributed by atoms with van der Waals surface area (Å²) in [6.45, 7) is 8.66. The first-order valence-corrected chi connectivity index (χ1v) is 10.2. The van der Waals surface area contributed by atoms with E-state index in [2.05, 4.69) is 77.9 Å². The molecular formula is C21H29IN4S. The second kappa shape index (κ2) is 11.3. The molecule has 0 atom stereocenters. The molecule has 4 nitrogen and oxygen atoms in total. The molecule has 1 aromatic heterocycles. The zero-order chi connectivity index (χ0) is 18.2. The Hall–Kier alpha value is -1.54. The molecule has 3 rings (SSSR count). The van der Waals surface area contributed by atoms with Gasteiger partial charge < -0.3 is 15.5 Å². The van der Waals surface area contributed by atoms with Gasteiger partial charge in [-0.3, -0.25) is 0 Å². The first-order chi connectivity index (χ1) is 12.8. The summed E-state index contributed by atoms with van der Waals surface area (Å²) in [7, 11) is 0. The number of halogens is 1. The second-order valence-corrected chi connectivity index (χ2v) is 7.57. The number of hydrogen-bond donors (Lipinski definition) is 2. The van der Waals surface area contributed by atoms with Gasteiger partial charge in [-0.05, 0) is 43.2 Å². The Balaban J connectivity index is 0.00000261. The van der Waals surface area contributed by atoms with Crippen LogP contribution in [-0.4, -0.2) is 25.6 Å². The lowest BCUT2D eigenvalue weighted by atomic mass is 10.2. The van der Waals surface area contributed by atoms with Gasteiger partial charge in [0, 0.05) is 35.1 Å². The van der Waals surface area contributed by atoms with Crippen molar-refractivity contribution in [2.75, 3.05) is 24.5 Å². The van der Waals surface area contributed by atoms with Crippen molar-refractivity contribution in [3.05, 3.63) is 63.9 Å². The van der Waals surface area contributed by atoms with Crippen molar-refractivity contribution in [1.29, 1.82) is 0 Å². The number of aliphatic imine (C=N–C) groups is 1. The van der Waals surface area contributed by atoms with Crippen molar-refractivity contribution in [2.45, 2.75) is 33.4 Å². The molecule has 1 aromatic carbocycles. The summed E-state index contributed by atoms with van der Waals surface area (Å²) in [5, 5.41) is 6.76. The van der Waals surface area contributed by atoms with Gasteiger partial charge in [-0.25, -0.2) is 4.99 Å². The fourth-order valence-electron chi connectivity index (χ4n) is 2.89. The van der Waals surface area contributed by atoms with Gasteiger partial charge in [0.1, 0.15) is 0 Å². The van der Waals surface area contributed by atoms with Crippen LogP contribution >= 0.6 is 35.3 Å². The normalized spacial score (nSPS) is 13.6. The monoisotopic (exact) mass is 496 g/mol. The number of thiophene rings is 1. The van der Waals surface area contributed by atoms with Gasteiger partial charge in [0.25, 0.3) is 0 Å². The molecule has 0 saturated carbocycles. The minimum Gasteiger partial charge on any atom is -0.364 e. The molecule has 0 aliphatic carbocycles. The molecule has 0 fully saturated rings. The van der Waals surface area contributed by atoms with Crippen LogP contribution in [0.1, 0.15) is 29.2 Å². The molecule has 0 amide bonds. The third kappa shape index (κ3) is 6.53. The molecule has 146 valence electrons. The number of hydrogen-bond acceptors (Lipinski definition) is 3. The summed E-state index contributed by atoms with van der Waals surface area (Å²) in [5.41, 5.74) is 2.50. The predicted molar refractivity (Wildman–Crippen MR) is 129 cm³/mol. The number of rotatable bonds is 7. The Bertz CT molecular complexity index is 744. The number of nitrogens with one attached hydrogen (secondary N) is 2. The van der Waals surface area contributed by atoms with Crippen LogP contribution in [0.15, 0.2) is 53.5 Å². The first-order valence-electron chi connectivity index (χ1n) is 9.37. The molecule has 0 bridgehead atoms. The van der Waals surface area contributed by atoms with Crippen molar-refractivity contribution in [3.8, 4) is 0 Å². The van der Waals surface area contributed by atoms with Crippen molar-refractivity contribution in [2.24, 2.45) is 4.99 Å². The standard InChI is InChI=1S/C21H28N4S.HI/c1-3-19-11-12-20(26-19)16-24-21(22-4-2)23-15-17-7-9-18(10-8-17)25-13-5-6-14-25;/h5-12H,3-4,13-16H2,1-2H3,(H2,22,23,24);1H. The van der Waals surface area contributed by atoms with Crippen LogP contribution in [0.5, 0.6) is 0 Å². The van der Waals surface area contributed by atoms with E-state index < -0.39 is 0 Å².